The number of rotatable bonds is 5. The van der Waals surface area contributed by atoms with Crippen LogP contribution in [0.1, 0.15) is 11.4 Å². The minimum atomic E-state index is -0.0908. The molecule has 0 saturated heterocycles. The second-order valence-corrected chi connectivity index (χ2v) is 9.26. The topological polar surface area (TPSA) is 45.8 Å². The summed E-state index contributed by atoms with van der Waals surface area (Å²) in [6.07, 6.45) is 0. The summed E-state index contributed by atoms with van der Waals surface area (Å²) in [6.45, 7) is 0. The molecule has 0 unspecified atom stereocenters. The quantitative estimate of drug-likeness (QED) is 0.318. The SMILES string of the molecule is O=c1[nH]c(CSCc2cccc3ccccc23)nc2scc(-c3ccc(Cl)cc3)c12. The lowest BCUT2D eigenvalue weighted by Crippen LogP contribution is -2.10. The number of thiophene rings is 1. The van der Waals surface area contributed by atoms with Crippen molar-refractivity contribution < 1.29 is 0 Å². The normalized spacial score (nSPS) is 11.4. The molecular weight excluding hydrogens is 432 g/mol. The van der Waals surface area contributed by atoms with Gasteiger partial charge in [-0.3, -0.25) is 4.79 Å². The number of aromatic amines is 1. The predicted octanol–water partition coefficient (Wildman–Crippen LogP) is 6.89. The van der Waals surface area contributed by atoms with Crippen molar-refractivity contribution in [2.75, 3.05) is 0 Å². The van der Waals surface area contributed by atoms with E-state index in [2.05, 4.69) is 47.4 Å². The lowest BCUT2D eigenvalue weighted by atomic mass is 10.1. The van der Waals surface area contributed by atoms with Gasteiger partial charge in [0, 0.05) is 21.7 Å². The van der Waals surface area contributed by atoms with Gasteiger partial charge in [-0.05, 0) is 34.0 Å². The van der Waals surface area contributed by atoms with E-state index in [-0.39, 0.29) is 5.56 Å². The van der Waals surface area contributed by atoms with Gasteiger partial charge in [-0.2, -0.15) is 0 Å². The summed E-state index contributed by atoms with van der Waals surface area (Å²) in [4.78, 5) is 21.3. The first-order valence-corrected chi connectivity index (χ1v) is 11.9. The Morgan fingerprint density at radius 3 is 2.63 bits per heavy atom. The molecule has 0 aliphatic rings. The minimum absolute atomic E-state index is 0.0908. The fourth-order valence-electron chi connectivity index (χ4n) is 3.58. The van der Waals surface area contributed by atoms with Gasteiger partial charge in [-0.25, -0.2) is 4.98 Å². The number of benzene rings is 3. The van der Waals surface area contributed by atoms with E-state index in [0.29, 0.717) is 22.0 Å². The number of halogens is 1. The number of nitrogens with zero attached hydrogens (tertiary/aromatic N) is 1. The Hall–Kier alpha value is -2.60. The Morgan fingerprint density at radius 1 is 0.967 bits per heavy atom. The zero-order chi connectivity index (χ0) is 20.5. The fraction of sp³-hybridized carbons (Fsp3) is 0.0833. The smallest absolute Gasteiger partial charge is 0.260 e. The first-order valence-electron chi connectivity index (χ1n) is 9.50. The third kappa shape index (κ3) is 3.76. The van der Waals surface area contributed by atoms with Crippen LogP contribution in [-0.4, -0.2) is 9.97 Å². The molecule has 0 amide bonds. The van der Waals surface area contributed by atoms with Crippen molar-refractivity contribution in [2.24, 2.45) is 0 Å². The van der Waals surface area contributed by atoms with Gasteiger partial charge < -0.3 is 4.98 Å². The van der Waals surface area contributed by atoms with E-state index >= 15 is 0 Å². The van der Waals surface area contributed by atoms with Crippen molar-refractivity contribution in [3.05, 3.63) is 98.9 Å². The molecule has 148 valence electrons. The molecule has 30 heavy (non-hydrogen) atoms. The Kier molecular flexibility index (Phi) is 5.34. The molecule has 2 aromatic heterocycles. The Morgan fingerprint density at radius 2 is 1.77 bits per heavy atom. The molecule has 5 aromatic rings. The highest BCUT2D eigenvalue weighted by Crippen LogP contribution is 2.32. The van der Waals surface area contributed by atoms with Crippen LogP contribution in [0.3, 0.4) is 0 Å². The minimum Gasteiger partial charge on any atom is -0.309 e. The Bertz CT molecular complexity index is 1400. The number of hydrogen-bond acceptors (Lipinski definition) is 4. The number of H-pyrrole nitrogens is 1. The maximum atomic E-state index is 12.8. The molecule has 0 atom stereocenters. The molecule has 0 fully saturated rings. The average Bonchev–Trinajstić information content (AvgIpc) is 3.19. The first-order chi connectivity index (χ1) is 14.7. The Labute approximate surface area is 186 Å². The van der Waals surface area contributed by atoms with Crippen molar-refractivity contribution in [2.45, 2.75) is 11.5 Å². The number of nitrogens with one attached hydrogen (secondary N) is 1. The van der Waals surface area contributed by atoms with Gasteiger partial charge in [-0.15, -0.1) is 23.1 Å². The highest BCUT2D eigenvalue weighted by Gasteiger charge is 2.13. The van der Waals surface area contributed by atoms with Crippen LogP contribution in [0.5, 0.6) is 0 Å². The third-order valence-electron chi connectivity index (χ3n) is 5.02. The van der Waals surface area contributed by atoms with Gasteiger partial charge in [0.05, 0.1) is 11.1 Å². The zero-order valence-electron chi connectivity index (χ0n) is 15.9. The second kappa shape index (κ2) is 8.26. The van der Waals surface area contributed by atoms with Crippen molar-refractivity contribution in [3.8, 4) is 11.1 Å². The van der Waals surface area contributed by atoms with E-state index < -0.39 is 0 Å². The summed E-state index contributed by atoms with van der Waals surface area (Å²) in [5, 5.41) is 5.83. The predicted molar refractivity (Wildman–Crippen MR) is 130 cm³/mol. The van der Waals surface area contributed by atoms with Crippen LogP contribution >= 0.6 is 34.7 Å². The molecule has 3 nitrogen and oxygen atoms in total. The number of thioether (sulfide) groups is 1. The van der Waals surface area contributed by atoms with Crippen molar-refractivity contribution in [1.29, 1.82) is 0 Å². The standard InChI is InChI=1S/C24H17ClN2OS2/c25-18-10-8-16(9-11-18)20-13-30-24-22(20)23(28)26-21(27-24)14-29-12-17-6-3-5-15-4-1-2-7-19(15)17/h1-11,13H,12,14H2,(H,26,27,28). The molecule has 0 aliphatic carbocycles. The fourth-order valence-corrected chi connectivity index (χ4v) is 5.58. The van der Waals surface area contributed by atoms with Crippen LogP contribution in [-0.2, 0) is 11.5 Å². The molecule has 0 spiro atoms. The van der Waals surface area contributed by atoms with Gasteiger partial charge in [0.1, 0.15) is 10.7 Å². The molecule has 0 aliphatic heterocycles. The summed E-state index contributed by atoms with van der Waals surface area (Å²) < 4.78 is 0. The molecule has 6 heteroatoms. The molecule has 2 heterocycles. The van der Waals surface area contributed by atoms with Crippen LogP contribution in [0.25, 0.3) is 32.1 Å². The lowest BCUT2D eigenvalue weighted by Gasteiger charge is -2.06. The highest BCUT2D eigenvalue weighted by atomic mass is 35.5. The van der Waals surface area contributed by atoms with Crippen LogP contribution in [0, 0.1) is 0 Å². The van der Waals surface area contributed by atoms with Crippen LogP contribution in [0.15, 0.2) is 76.9 Å². The monoisotopic (exact) mass is 448 g/mol. The average molecular weight is 449 g/mol. The molecule has 0 bridgehead atoms. The summed E-state index contributed by atoms with van der Waals surface area (Å²) in [6, 6.07) is 22.3. The number of fused-ring (bicyclic) bond motifs is 2. The van der Waals surface area contributed by atoms with Gasteiger partial charge >= 0.3 is 0 Å². The third-order valence-corrected chi connectivity index (χ3v) is 7.14. The zero-order valence-corrected chi connectivity index (χ0v) is 18.3. The number of hydrogen-bond donors (Lipinski definition) is 1. The lowest BCUT2D eigenvalue weighted by molar-refractivity contribution is 1.05. The van der Waals surface area contributed by atoms with E-state index in [4.69, 9.17) is 16.6 Å². The number of aromatic nitrogens is 2. The van der Waals surface area contributed by atoms with Crippen LogP contribution < -0.4 is 5.56 Å². The summed E-state index contributed by atoms with van der Waals surface area (Å²) in [5.74, 6) is 2.23. The molecule has 5 rings (SSSR count). The first kappa shape index (κ1) is 19.4. The van der Waals surface area contributed by atoms with E-state index in [1.165, 1.54) is 27.7 Å². The molecule has 0 saturated carbocycles. The summed E-state index contributed by atoms with van der Waals surface area (Å²) in [7, 11) is 0. The summed E-state index contributed by atoms with van der Waals surface area (Å²) >= 11 is 9.24. The van der Waals surface area contributed by atoms with E-state index in [9.17, 15) is 4.79 Å². The van der Waals surface area contributed by atoms with E-state index in [0.717, 1.165) is 21.7 Å². The molecule has 3 aromatic carbocycles. The van der Waals surface area contributed by atoms with Crippen molar-refractivity contribution >= 4 is 55.7 Å². The largest absolute Gasteiger partial charge is 0.309 e. The second-order valence-electron chi connectivity index (χ2n) is 6.98. The Balaban J connectivity index is 1.38. The van der Waals surface area contributed by atoms with Gasteiger partial charge in [0.15, 0.2) is 0 Å². The van der Waals surface area contributed by atoms with Crippen LogP contribution in [0.2, 0.25) is 5.02 Å². The van der Waals surface area contributed by atoms with Gasteiger partial charge in [0.2, 0.25) is 0 Å². The molecular formula is C24H17ClN2OS2. The van der Waals surface area contributed by atoms with Gasteiger partial charge in [0.25, 0.3) is 5.56 Å². The molecule has 1 N–H and O–H groups in total. The van der Waals surface area contributed by atoms with E-state index in [1.54, 1.807) is 11.8 Å². The maximum Gasteiger partial charge on any atom is 0.260 e. The summed E-state index contributed by atoms with van der Waals surface area (Å²) in [5.41, 5.74) is 3.07. The highest BCUT2D eigenvalue weighted by molar-refractivity contribution is 7.97. The maximum absolute atomic E-state index is 12.8. The molecule has 0 radical (unpaired) electrons. The van der Waals surface area contributed by atoms with Crippen LogP contribution in [0.4, 0.5) is 0 Å². The van der Waals surface area contributed by atoms with Gasteiger partial charge in [-0.1, -0.05) is 66.2 Å². The van der Waals surface area contributed by atoms with Crippen molar-refractivity contribution in [3.63, 3.8) is 0 Å². The van der Waals surface area contributed by atoms with E-state index in [1.807, 2.05) is 29.6 Å². The van der Waals surface area contributed by atoms with Crippen molar-refractivity contribution in [1.82, 2.24) is 9.97 Å².